The van der Waals surface area contributed by atoms with Gasteiger partial charge in [0.15, 0.2) is 5.57 Å². The Morgan fingerprint density at radius 1 is 1.32 bits per heavy atom. The summed E-state index contributed by atoms with van der Waals surface area (Å²) in [6.07, 6.45) is 0.133. The average molecular weight is 441 g/mol. The zero-order chi connectivity index (χ0) is 22.5. The Hall–Kier alpha value is -3.71. The molecule has 1 saturated heterocycles. The van der Waals surface area contributed by atoms with Crippen LogP contribution in [0.4, 0.5) is 15.8 Å². The van der Waals surface area contributed by atoms with Gasteiger partial charge in [0, 0.05) is 17.8 Å². The Bertz CT molecular complexity index is 1110. The van der Waals surface area contributed by atoms with E-state index in [1.54, 1.807) is 19.1 Å². The van der Waals surface area contributed by atoms with Crippen LogP contribution in [0, 0.1) is 27.3 Å². The first-order chi connectivity index (χ1) is 14.8. The van der Waals surface area contributed by atoms with Crippen molar-refractivity contribution in [2.24, 2.45) is 0 Å². The lowest BCUT2D eigenvalue weighted by Gasteiger charge is -2.18. The summed E-state index contributed by atoms with van der Waals surface area (Å²) in [5.41, 5.74) is 0.386. The monoisotopic (exact) mass is 441 g/mol. The Morgan fingerprint density at radius 2 is 2.03 bits per heavy atom. The molecule has 0 N–H and O–H groups in total. The number of esters is 1. The molecule has 0 spiro atoms. The number of non-ortho nitro benzene ring substituents is 1. The van der Waals surface area contributed by atoms with Gasteiger partial charge in [-0.05, 0) is 43.2 Å². The molecular weight excluding hydrogens is 425 g/mol. The van der Waals surface area contributed by atoms with Crippen molar-refractivity contribution in [2.75, 3.05) is 11.5 Å². The van der Waals surface area contributed by atoms with Gasteiger partial charge < -0.3 is 4.74 Å². The highest BCUT2D eigenvalue weighted by Gasteiger charge is 2.41. The zero-order valence-electron chi connectivity index (χ0n) is 16.3. The van der Waals surface area contributed by atoms with Crippen molar-refractivity contribution in [3.63, 3.8) is 0 Å². The predicted octanol–water partition coefficient (Wildman–Crippen LogP) is 3.72. The third-order valence-electron chi connectivity index (χ3n) is 4.39. The Balaban J connectivity index is 2.03. The van der Waals surface area contributed by atoms with Crippen LogP contribution in [-0.4, -0.2) is 28.7 Å². The van der Waals surface area contributed by atoms with Gasteiger partial charge in [-0.15, -0.1) is 0 Å². The van der Waals surface area contributed by atoms with Gasteiger partial charge >= 0.3 is 5.97 Å². The van der Waals surface area contributed by atoms with E-state index in [-0.39, 0.29) is 35.0 Å². The predicted molar refractivity (Wildman–Crippen MR) is 111 cm³/mol. The summed E-state index contributed by atoms with van der Waals surface area (Å²) in [5, 5.41) is 19.9. The smallest absolute Gasteiger partial charge is 0.351 e. The molecule has 31 heavy (non-hydrogen) atoms. The molecule has 2 aromatic rings. The third kappa shape index (κ3) is 4.73. The molecule has 2 aromatic carbocycles. The maximum Gasteiger partial charge on any atom is 0.351 e. The van der Waals surface area contributed by atoms with E-state index >= 15 is 0 Å². The number of nitrogens with zero attached hydrogens (tertiary/aromatic N) is 3. The van der Waals surface area contributed by atoms with Crippen LogP contribution < -0.4 is 4.90 Å². The number of nitro groups is 1. The first-order valence-corrected chi connectivity index (χ1v) is 10.0. The van der Waals surface area contributed by atoms with E-state index in [9.17, 15) is 29.4 Å². The fourth-order valence-corrected chi connectivity index (χ4v) is 4.31. The summed E-state index contributed by atoms with van der Waals surface area (Å²) >= 11 is 0.991. The van der Waals surface area contributed by atoms with Crippen molar-refractivity contribution in [3.05, 3.63) is 80.6 Å². The van der Waals surface area contributed by atoms with Gasteiger partial charge in [-0.25, -0.2) is 9.18 Å². The second-order valence-corrected chi connectivity index (χ2v) is 7.59. The maximum atomic E-state index is 13.4. The minimum Gasteiger partial charge on any atom is -0.462 e. The molecular formula is C21H16FN3O5S. The van der Waals surface area contributed by atoms with Crippen LogP contribution >= 0.6 is 11.8 Å². The molecule has 0 unspecified atom stereocenters. The van der Waals surface area contributed by atoms with Gasteiger partial charge in [0.05, 0.1) is 16.8 Å². The number of rotatable bonds is 6. The molecule has 158 valence electrons. The minimum absolute atomic E-state index is 0.0452. The largest absolute Gasteiger partial charge is 0.462 e. The SMILES string of the molecule is CCOC(=O)/C(C#N)=C1\S[C@H](Cc2cccc([N+](=O)[O-])c2)C(=O)N1c1ccc(F)cc1. The number of nitro benzene ring substituents is 1. The number of hydrogen-bond acceptors (Lipinski definition) is 7. The second-order valence-electron chi connectivity index (χ2n) is 6.40. The van der Waals surface area contributed by atoms with Crippen LogP contribution in [0.5, 0.6) is 0 Å². The Morgan fingerprint density at radius 3 is 2.65 bits per heavy atom. The first kappa shape index (κ1) is 22.0. The van der Waals surface area contributed by atoms with Gasteiger partial charge in [0.25, 0.3) is 5.69 Å². The number of hydrogen-bond donors (Lipinski definition) is 0. The molecule has 1 atom stereocenters. The van der Waals surface area contributed by atoms with Gasteiger partial charge in [0.1, 0.15) is 16.9 Å². The highest BCUT2D eigenvalue weighted by Crippen LogP contribution is 2.42. The molecule has 0 radical (unpaired) electrons. The summed E-state index contributed by atoms with van der Waals surface area (Å²) < 4.78 is 18.3. The molecule has 1 fully saturated rings. The summed E-state index contributed by atoms with van der Waals surface area (Å²) in [5.74, 6) is -1.81. The fourth-order valence-electron chi connectivity index (χ4n) is 3.01. The molecule has 0 aliphatic carbocycles. The number of amides is 1. The van der Waals surface area contributed by atoms with E-state index < -0.39 is 27.9 Å². The number of nitriles is 1. The molecule has 3 rings (SSSR count). The molecule has 10 heteroatoms. The number of carbonyl (C=O) groups excluding carboxylic acids is 2. The molecule has 1 heterocycles. The molecule has 1 amide bonds. The Kier molecular flexibility index (Phi) is 6.67. The van der Waals surface area contributed by atoms with E-state index in [0.29, 0.717) is 5.56 Å². The number of ether oxygens (including phenoxy) is 1. The van der Waals surface area contributed by atoms with Gasteiger partial charge in [-0.2, -0.15) is 5.26 Å². The Labute approximate surface area is 181 Å². The van der Waals surface area contributed by atoms with Gasteiger partial charge in [-0.1, -0.05) is 23.9 Å². The average Bonchev–Trinajstić information content (AvgIpc) is 3.05. The topological polar surface area (TPSA) is 114 Å². The second kappa shape index (κ2) is 9.40. The summed E-state index contributed by atoms with van der Waals surface area (Å²) in [7, 11) is 0. The lowest BCUT2D eigenvalue weighted by molar-refractivity contribution is -0.384. The van der Waals surface area contributed by atoms with E-state index in [1.807, 2.05) is 0 Å². The summed E-state index contributed by atoms with van der Waals surface area (Å²) in [4.78, 5) is 37.2. The van der Waals surface area contributed by atoms with Crippen LogP contribution in [0.15, 0.2) is 59.1 Å². The maximum absolute atomic E-state index is 13.4. The van der Waals surface area contributed by atoms with Crippen LogP contribution in [0.1, 0.15) is 12.5 Å². The van der Waals surface area contributed by atoms with Crippen LogP contribution in [0.25, 0.3) is 0 Å². The van der Waals surface area contributed by atoms with Crippen LogP contribution in [0.2, 0.25) is 0 Å². The molecule has 0 aromatic heterocycles. The summed E-state index contributed by atoms with van der Waals surface area (Å²) in [6, 6.07) is 12.7. The van der Waals surface area contributed by atoms with Gasteiger partial charge in [0.2, 0.25) is 5.91 Å². The minimum atomic E-state index is -0.872. The molecule has 0 bridgehead atoms. The molecule has 1 aliphatic rings. The van der Waals surface area contributed by atoms with Crippen molar-refractivity contribution >= 4 is 35.0 Å². The molecule has 0 saturated carbocycles. The van der Waals surface area contributed by atoms with Crippen molar-refractivity contribution in [1.82, 2.24) is 0 Å². The fraction of sp³-hybridized carbons (Fsp3) is 0.190. The quantitative estimate of drug-likeness (QED) is 0.221. The normalized spacial score (nSPS) is 17.3. The number of halogens is 1. The first-order valence-electron chi connectivity index (χ1n) is 9.16. The molecule has 1 aliphatic heterocycles. The van der Waals surface area contributed by atoms with E-state index in [4.69, 9.17) is 4.74 Å². The lowest BCUT2D eigenvalue weighted by atomic mass is 10.1. The van der Waals surface area contributed by atoms with Crippen molar-refractivity contribution in [2.45, 2.75) is 18.6 Å². The summed E-state index contributed by atoms with van der Waals surface area (Å²) in [6.45, 7) is 1.64. The van der Waals surface area contributed by atoms with Crippen LogP contribution in [-0.2, 0) is 20.7 Å². The standard InChI is InChI=1S/C21H16FN3O5S/c1-2-30-21(27)17(12-23)20-24(15-8-6-14(22)7-9-15)19(26)18(31-20)11-13-4-3-5-16(10-13)25(28)29/h3-10,18H,2,11H2,1H3/b20-17-/t18-/m1/s1. The van der Waals surface area contributed by atoms with Gasteiger partial charge in [-0.3, -0.25) is 19.8 Å². The van der Waals surface area contributed by atoms with E-state index in [1.165, 1.54) is 35.2 Å². The van der Waals surface area contributed by atoms with Crippen molar-refractivity contribution in [1.29, 1.82) is 5.26 Å². The van der Waals surface area contributed by atoms with Crippen molar-refractivity contribution in [3.8, 4) is 6.07 Å². The highest BCUT2D eigenvalue weighted by molar-refractivity contribution is 8.05. The zero-order valence-corrected chi connectivity index (χ0v) is 17.1. The third-order valence-corrected chi connectivity index (χ3v) is 5.65. The highest BCUT2D eigenvalue weighted by atomic mass is 32.2. The van der Waals surface area contributed by atoms with E-state index in [2.05, 4.69) is 0 Å². The number of thioether (sulfide) groups is 1. The number of benzene rings is 2. The van der Waals surface area contributed by atoms with Crippen LogP contribution in [0.3, 0.4) is 0 Å². The molecule has 8 nitrogen and oxygen atoms in total. The van der Waals surface area contributed by atoms with E-state index in [0.717, 1.165) is 23.9 Å². The number of anilines is 1. The van der Waals surface area contributed by atoms with Crippen molar-refractivity contribution < 1.29 is 23.6 Å². The number of carbonyl (C=O) groups is 2. The lowest BCUT2D eigenvalue weighted by Crippen LogP contribution is -2.30.